The van der Waals surface area contributed by atoms with E-state index < -0.39 is 0 Å². The summed E-state index contributed by atoms with van der Waals surface area (Å²) in [6.07, 6.45) is 0. The van der Waals surface area contributed by atoms with Crippen LogP contribution in [0.4, 0.5) is 0 Å². The minimum Gasteiger partial charge on any atom is -0.486 e. The van der Waals surface area contributed by atoms with Gasteiger partial charge < -0.3 is 14.0 Å². The Morgan fingerprint density at radius 3 is 2.35 bits per heavy atom. The Labute approximate surface area is 152 Å². The van der Waals surface area contributed by atoms with Crippen LogP contribution in [0, 0.1) is 6.92 Å². The fraction of sp³-hybridized carbons (Fsp3) is 0.136. The summed E-state index contributed by atoms with van der Waals surface area (Å²) in [5, 5.41) is 0. The molecule has 0 saturated carbocycles. The molecular formula is C22H20N2O2. The number of aromatic nitrogens is 2. The van der Waals surface area contributed by atoms with Crippen molar-refractivity contribution in [3.05, 3.63) is 84.2 Å². The van der Waals surface area contributed by atoms with Crippen molar-refractivity contribution in [1.82, 2.24) is 9.55 Å². The summed E-state index contributed by atoms with van der Waals surface area (Å²) in [6, 6.07) is 23.7. The zero-order valence-electron chi connectivity index (χ0n) is 14.8. The number of hydrogen-bond acceptors (Lipinski definition) is 3. The van der Waals surface area contributed by atoms with E-state index in [1.54, 1.807) is 0 Å². The highest BCUT2D eigenvalue weighted by Crippen LogP contribution is 2.26. The first-order valence-corrected chi connectivity index (χ1v) is 8.57. The molecule has 0 amide bonds. The second-order valence-electron chi connectivity index (χ2n) is 6.25. The highest BCUT2D eigenvalue weighted by molar-refractivity contribution is 5.77. The lowest BCUT2D eigenvalue weighted by Gasteiger charge is -2.07. The molecule has 26 heavy (non-hydrogen) atoms. The van der Waals surface area contributed by atoms with Gasteiger partial charge in [-0.2, -0.15) is 0 Å². The van der Waals surface area contributed by atoms with Gasteiger partial charge in [0.1, 0.15) is 29.7 Å². The summed E-state index contributed by atoms with van der Waals surface area (Å²) in [5.41, 5.74) is 3.15. The summed E-state index contributed by atoms with van der Waals surface area (Å²) in [5.74, 6) is 3.32. The highest BCUT2D eigenvalue weighted by atomic mass is 16.5. The van der Waals surface area contributed by atoms with Crippen LogP contribution in [0.25, 0.3) is 11.0 Å². The van der Waals surface area contributed by atoms with Gasteiger partial charge in [0, 0.05) is 13.1 Å². The molecule has 3 aromatic carbocycles. The molecule has 0 fully saturated rings. The molecule has 0 saturated heterocycles. The molecule has 0 N–H and O–H groups in total. The highest BCUT2D eigenvalue weighted by Gasteiger charge is 2.10. The van der Waals surface area contributed by atoms with Crippen molar-refractivity contribution < 1.29 is 9.47 Å². The van der Waals surface area contributed by atoms with E-state index in [1.165, 1.54) is 5.56 Å². The lowest BCUT2D eigenvalue weighted by molar-refractivity contribution is 0.292. The summed E-state index contributed by atoms with van der Waals surface area (Å²) >= 11 is 0. The first-order chi connectivity index (χ1) is 12.7. The molecule has 1 heterocycles. The fourth-order valence-corrected chi connectivity index (χ4v) is 2.82. The minimum absolute atomic E-state index is 0.420. The molecule has 0 atom stereocenters. The van der Waals surface area contributed by atoms with E-state index in [0.717, 1.165) is 34.1 Å². The second kappa shape index (κ2) is 6.92. The number of aryl methyl sites for hydroxylation is 2. The Morgan fingerprint density at radius 2 is 1.58 bits per heavy atom. The van der Waals surface area contributed by atoms with Crippen LogP contribution in [-0.2, 0) is 13.7 Å². The van der Waals surface area contributed by atoms with Crippen LogP contribution in [0.2, 0.25) is 0 Å². The number of para-hydroxylation sites is 1. The minimum atomic E-state index is 0.420. The molecule has 0 bridgehead atoms. The molecule has 0 aliphatic rings. The zero-order chi connectivity index (χ0) is 17.9. The van der Waals surface area contributed by atoms with Crippen molar-refractivity contribution in [2.45, 2.75) is 13.5 Å². The van der Waals surface area contributed by atoms with Crippen LogP contribution in [0.15, 0.2) is 72.8 Å². The maximum atomic E-state index is 5.92. The Hall–Kier alpha value is -3.27. The number of rotatable bonds is 5. The third-order valence-corrected chi connectivity index (χ3v) is 4.31. The number of benzene rings is 3. The normalized spacial score (nSPS) is 10.8. The predicted octanol–water partition coefficient (Wildman–Crippen LogP) is 5.25. The number of imidazole rings is 1. The van der Waals surface area contributed by atoms with Gasteiger partial charge in [-0.3, -0.25) is 0 Å². The van der Waals surface area contributed by atoms with Gasteiger partial charge >= 0.3 is 0 Å². The molecule has 0 aliphatic carbocycles. The SMILES string of the molecule is Cc1ccc(OCc2nc3ccc(Oc4ccccc4)cc3n2C)cc1. The smallest absolute Gasteiger partial charge is 0.147 e. The molecule has 0 spiro atoms. The number of nitrogens with zero attached hydrogens (tertiary/aromatic N) is 2. The van der Waals surface area contributed by atoms with Gasteiger partial charge in [0.25, 0.3) is 0 Å². The van der Waals surface area contributed by atoms with Crippen LogP contribution in [-0.4, -0.2) is 9.55 Å². The topological polar surface area (TPSA) is 36.3 Å². The molecule has 4 rings (SSSR count). The number of hydrogen-bond donors (Lipinski definition) is 0. The van der Waals surface area contributed by atoms with Crippen LogP contribution in [0.3, 0.4) is 0 Å². The maximum absolute atomic E-state index is 5.92. The van der Waals surface area contributed by atoms with Crippen LogP contribution in [0.1, 0.15) is 11.4 Å². The van der Waals surface area contributed by atoms with Crippen LogP contribution < -0.4 is 9.47 Å². The number of fused-ring (bicyclic) bond motifs is 1. The van der Waals surface area contributed by atoms with E-state index in [4.69, 9.17) is 9.47 Å². The van der Waals surface area contributed by atoms with Crippen molar-refractivity contribution in [1.29, 1.82) is 0 Å². The van der Waals surface area contributed by atoms with E-state index in [2.05, 4.69) is 11.9 Å². The third-order valence-electron chi connectivity index (χ3n) is 4.31. The van der Waals surface area contributed by atoms with Crippen molar-refractivity contribution >= 4 is 11.0 Å². The van der Waals surface area contributed by atoms with Gasteiger partial charge in [0.15, 0.2) is 0 Å². The van der Waals surface area contributed by atoms with Gasteiger partial charge in [-0.25, -0.2) is 4.98 Å². The van der Waals surface area contributed by atoms with Gasteiger partial charge in [-0.1, -0.05) is 35.9 Å². The summed E-state index contributed by atoms with van der Waals surface area (Å²) in [7, 11) is 2.00. The number of ether oxygens (including phenoxy) is 2. The standard InChI is InChI=1S/C22H20N2O2/c1-16-8-10-17(11-9-16)25-15-22-23-20-13-12-19(14-21(20)24(22)2)26-18-6-4-3-5-7-18/h3-14H,15H2,1-2H3. The quantitative estimate of drug-likeness (QED) is 0.496. The van der Waals surface area contributed by atoms with Crippen molar-refractivity contribution in [3.63, 3.8) is 0 Å². The molecule has 4 aromatic rings. The molecule has 0 unspecified atom stereocenters. The first-order valence-electron chi connectivity index (χ1n) is 8.57. The van der Waals surface area contributed by atoms with E-state index >= 15 is 0 Å². The average molecular weight is 344 g/mol. The van der Waals surface area contributed by atoms with Gasteiger partial charge in [-0.05, 0) is 43.3 Å². The Balaban J connectivity index is 1.55. The summed E-state index contributed by atoms with van der Waals surface area (Å²) in [6.45, 7) is 2.48. The van der Waals surface area contributed by atoms with Gasteiger partial charge in [0.05, 0.1) is 11.0 Å². The molecule has 4 nitrogen and oxygen atoms in total. The van der Waals surface area contributed by atoms with Gasteiger partial charge in [0.2, 0.25) is 0 Å². The maximum Gasteiger partial charge on any atom is 0.147 e. The zero-order valence-corrected chi connectivity index (χ0v) is 14.8. The van der Waals surface area contributed by atoms with E-state index in [0.29, 0.717) is 6.61 Å². The summed E-state index contributed by atoms with van der Waals surface area (Å²) in [4.78, 5) is 4.68. The Morgan fingerprint density at radius 1 is 0.846 bits per heavy atom. The molecule has 1 aromatic heterocycles. The van der Waals surface area contributed by atoms with Crippen molar-refractivity contribution in [2.24, 2.45) is 7.05 Å². The molecular weight excluding hydrogens is 324 g/mol. The Bertz CT molecular complexity index is 1020. The third kappa shape index (κ3) is 3.40. The lowest BCUT2D eigenvalue weighted by atomic mass is 10.2. The van der Waals surface area contributed by atoms with Crippen LogP contribution >= 0.6 is 0 Å². The molecule has 0 aliphatic heterocycles. The first kappa shape index (κ1) is 16.2. The predicted molar refractivity (Wildman–Crippen MR) is 103 cm³/mol. The lowest BCUT2D eigenvalue weighted by Crippen LogP contribution is -2.03. The van der Waals surface area contributed by atoms with Crippen molar-refractivity contribution in [2.75, 3.05) is 0 Å². The molecule has 130 valence electrons. The second-order valence-corrected chi connectivity index (χ2v) is 6.25. The van der Waals surface area contributed by atoms with Crippen LogP contribution in [0.5, 0.6) is 17.2 Å². The monoisotopic (exact) mass is 344 g/mol. The fourth-order valence-electron chi connectivity index (χ4n) is 2.82. The van der Waals surface area contributed by atoms with E-state index in [1.807, 2.05) is 84.4 Å². The van der Waals surface area contributed by atoms with E-state index in [-0.39, 0.29) is 0 Å². The summed E-state index contributed by atoms with van der Waals surface area (Å²) < 4.78 is 13.8. The molecule has 4 heteroatoms. The van der Waals surface area contributed by atoms with Crippen molar-refractivity contribution in [3.8, 4) is 17.2 Å². The van der Waals surface area contributed by atoms with E-state index in [9.17, 15) is 0 Å². The average Bonchev–Trinajstić information content (AvgIpc) is 2.98. The molecule has 0 radical (unpaired) electrons. The Kier molecular flexibility index (Phi) is 4.32. The van der Waals surface area contributed by atoms with Gasteiger partial charge in [-0.15, -0.1) is 0 Å². The largest absolute Gasteiger partial charge is 0.486 e.